The van der Waals surface area contributed by atoms with E-state index in [0.29, 0.717) is 13.0 Å². The average molecular weight is 885 g/mol. The van der Waals surface area contributed by atoms with Gasteiger partial charge in [-0.1, -0.05) is 152 Å². The lowest BCUT2D eigenvalue weighted by Crippen LogP contribution is -2.60. The summed E-state index contributed by atoms with van der Waals surface area (Å²) in [6, 6.07) is 0. The summed E-state index contributed by atoms with van der Waals surface area (Å²) in [5.74, 6) is -0.426. The fourth-order valence-electron chi connectivity index (χ4n) is 6.83. The molecule has 0 aromatic heterocycles. The van der Waals surface area contributed by atoms with Crippen molar-refractivity contribution in [3.05, 3.63) is 60.8 Å². The van der Waals surface area contributed by atoms with Crippen molar-refractivity contribution in [2.45, 2.75) is 211 Å². The van der Waals surface area contributed by atoms with E-state index >= 15 is 0 Å². The van der Waals surface area contributed by atoms with Gasteiger partial charge in [0.2, 0.25) is 0 Å². The number of aliphatic hydroxyl groups is 3. The topological polar surface area (TPSA) is 178 Å². The third-order valence-electron chi connectivity index (χ3n) is 10.4. The predicted molar refractivity (Wildman–Crippen MR) is 243 cm³/mol. The molecule has 1 aliphatic rings. The van der Waals surface area contributed by atoms with E-state index in [0.717, 1.165) is 77.0 Å². The number of carbonyl (C=O) groups excluding carboxylic acids is 1. The summed E-state index contributed by atoms with van der Waals surface area (Å²) in [5, 5.41) is 30.7. The van der Waals surface area contributed by atoms with Gasteiger partial charge in [0.05, 0.1) is 19.8 Å². The molecule has 1 fully saturated rings. The molecule has 1 heterocycles. The highest BCUT2D eigenvalue weighted by Gasteiger charge is 2.48. The van der Waals surface area contributed by atoms with Crippen LogP contribution in [0.15, 0.2) is 60.8 Å². The maximum atomic E-state index is 12.9. The molecule has 6 unspecified atom stereocenters. The van der Waals surface area contributed by atoms with Gasteiger partial charge < -0.3 is 34.3 Å². The average Bonchev–Trinajstić information content (AvgIpc) is 3.23. The molecule has 0 aromatic rings. The molecule has 0 aromatic carbocycles. The molecule has 12 nitrogen and oxygen atoms in total. The normalized spacial score (nSPS) is 20.7. The highest BCUT2D eigenvalue weighted by Crippen LogP contribution is 2.26. The molecule has 354 valence electrons. The van der Waals surface area contributed by atoms with E-state index in [2.05, 4.69) is 78.8 Å². The molecule has 0 saturated carbocycles. The summed E-state index contributed by atoms with van der Waals surface area (Å²) in [6.45, 7) is 3.82. The largest absolute Gasteiger partial charge is 0.457 e. The molecule has 4 N–H and O–H groups in total. The lowest BCUT2D eigenvalue weighted by Gasteiger charge is -2.41. The smallest absolute Gasteiger partial charge is 0.397 e. The van der Waals surface area contributed by atoms with Crippen molar-refractivity contribution in [2.75, 3.05) is 26.4 Å². The minimum Gasteiger partial charge on any atom is -0.457 e. The zero-order valence-electron chi connectivity index (χ0n) is 37.7. The summed E-state index contributed by atoms with van der Waals surface area (Å²) < 4.78 is 59.1. The van der Waals surface area contributed by atoms with Crippen LogP contribution in [-0.4, -0.2) is 97.5 Å². The van der Waals surface area contributed by atoms with Gasteiger partial charge in [0, 0.05) is 13.0 Å². The van der Waals surface area contributed by atoms with Crippen molar-refractivity contribution in [1.82, 2.24) is 0 Å². The molecule has 1 saturated heterocycles. The van der Waals surface area contributed by atoms with Crippen LogP contribution in [-0.2, 0) is 38.3 Å². The van der Waals surface area contributed by atoms with E-state index in [9.17, 15) is 28.5 Å². The van der Waals surface area contributed by atoms with Crippen LogP contribution in [0.3, 0.4) is 0 Å². The van der Waals surface area contributed by atoms with Crippen molar-refractivity contribution >= 4 is 16.4 Å². The van der Waals surface area contributed by atoms with Crippen LogP contribution in [0.4, 0.5) is 0 Å². The number of hydrogen-bond acceptors (Lipinski definition) is 11. The van der Waals surface area contributed by atoms with Gasteiger partial charge in [0.25, 0.3) is 0 Å². The van der Waals surface area contributed by atoms with E-state index in [1.54, 1.807) is 0 Å². The monoisotopic (exact) mass is 885 g/mol. The highest BCUT2D eigenvalue weighted by atomic mass is 32.3. The summed E-state index contributed by atoms with van der Waals surface area (Å²) in [4.78, 5) is 12.9. The summed E-state index contributed by atoms with van der Waals surface area (Å²) in [5.41, 5.74) is 0. The lowest BCUT2D eigenvalue weighted by molar-refractivity contribution is -0.301. The quantitative estimate of drug-likeness (QED) is 0.0198. The lowest BCUT2D eigenvalue weighted by atomic mass is 9.99. The highest BCUT2D eigenvalue weighted by molar-refractivity contribution is 7.80. The first-order chi connectivity index (χ1) is 29.6. The number of carbonyl (C=O) groups is 1. The van der Waals surface area contributed by atoms with Crippen molar-refractivity contribution in [3.8, 4) is 0 Å². The molecule has 6 atom stereocenters. The molecule has 61 heavy (non-hydrogen) atoms. The molecule has 1 rings (SSSR count). The minimum absolute atomic E-state index is 0.0195. The second kappa shape index (κ2) is 39.4. The van der Waals surface area contributed by atoms with Gasteiger partial charge in [-0.25, -0.2) is 4.18 Å². The number of aliphatic hydroxyl groups excluding tert-OH is 3. The Morgan fingerprint density at radius 2 is 1.13 bits per heavy atom. The first-order valence-electron chi connectivity index (χ1n) is 23.5. The fourth-order valence-corrected chi connectivity index (χ4v) is 7.34. The van der Waals surface area contributed by atoms with Gasteiger partial charge in [-0.15, -0.1) is 0 Å². The van der Waals surface area contributed by atoms with Crippen molar-refractivity contribution < 1.29 is 56.2 Å². The van der Waals surface area contributed by atoms with E-state index in [-0.39, 0.29) is 19.6 Å². The van der Waals surface area contributed by atoms with Crippen LogP contribution >= 0.6 is 0 Å². The first-order valence-corrected chi connectivity index (χ1v) is 24.9. The van der Waals surface area contributed by atoms with E-state index in [1.807, 2.05) is 0 Å². The Bertz CT molecular complexity index is 1300. The van der Waals surface area contributed by atoms with Gasteiger partial charge >= 0.3 is 16.4 Å². The second-order valence-electron chi connectivity index (χ2n) is 16.0. The zero-order chi connectivity index (χ0) is 44.7. The maximum absolute atomic E-state index is 12.9. The van der Waals surface area contributed by atoms with Crippen LogP contribution in [0, 0.1) is 0 Å². The van der Waals surface area contributed by atoms with Gasteiger partial charge in [-0.2, -0.15) is 8.42 Å². The van der Waals surface area contributed by atoms with Gasteiger partial charge in [0.15, 0.2) is 6.29 Å². The Morgan fingerprint density at radius 1 is 0.639 bits per heavy atom. The minimum atomic E-state index is -5.07. The Hall–Kier alpha value is -2.20. The molecule has 1 aliphatic heterocycles. The molecule has 0 aliphatic carbocycles. The van der Waals surface area contributed by atoms with Crippen LogP contribution in [0.2, 0.25) is 0 Å². The number of ether oxygens (including phenoxy) is 4. The second-order valence-corrected chi connectivity index (χ2v) is 17.0. The Kier molecular flexibility index (Phi) is 36.7. The molecular formula is C48H84O12S. The molecule has 0 amide bonds. The van der Waals surface area contributed by atoms with E-state index < -0.39 is 59.8 Å². The standard InChI is InChI=1S/C48H84O12S/c1-3-5-7-9-11-13-15-17-19-21-23-25-27-29-31-33-35-37-44(50)58-42(41-57-48-46(52)47(60-61(53,54)55)45(51)43(39-49)59-48)40-56-38-36-34-32-30-28-26-24-22-20-18-16-14-12-10-8-6-4-2/h5,7,11,13,17,19-20,22-23,25,42-43,45-49,51-52H,3-4,6,8-10,12,14-16,18,21,24,26-41H2,1-2H3,(H,53,54,55)/b7-5-,13-11-,19-17-,22-20-,25-23-. The fraction of sp³-hybridized carbons (Fsp3) is 0.771. The summed E-state index contributed by atoms with van der Waals surface area (Å²) in [6.07, 6.45) is 39.6. The molecule has 0 radical (unpaired) electrons. The Morgan fingerprint density at radius 3 is 1.67 bits per heavy atom. The Balaban J connectivity index is 2.44. The van der Waals surface area contributed by atoms with Crippen LogP contribution in [0.1, 0.15) is 174 Å². The van der Waals surface area contributed by atoms with Crippen LogP contribution in [0.5, 0.6) is 0 Å². The van der Waals surface area contributed by atoms with Crippen molar-refractivity contribution in [2.24, 2.45) is 0 Å². The first kappa shape index (κ1) is 56.8. The van der Waals surface area contributed by atoms with Crippen LogP contribution < -0.4 is 0 Å². The molecular weight excluding hydrogens is 801 g/mol. The third kappa shape index (κ3) is 33.0. The molecule has 13 heteroatoms. The van der Waals surface area contributed by atoms with Gasteiger partial charge in [0.1, 0.15) is 30.5 Å². The number of unbranched alkanes of at least 4 members (excludes halogenated alkanes) is 17. The van der Waals surface area contributed by atoms with Gasteiger partial charge in [-0.05, 0) is 77.0 Å². The van der Waals surface area contributed by atoms with Crippen LogP contribution in [0.25, 0.3) is 0 Å². The maximum Gasteiger partial charge on any atom is 0.397 e. The number of allylic oxidation sites excluding steroid dienone is 10. The van der Waals surface area contributed by atoms with Crippen molar-refractivity contribution in [3.63, 3.8) is 0 Å². The summed E-state index contributed by atoms with van der Waals surface area (Å²) in [7, 11) is -5.07. The zero-order valence-corrected chi connectivity index (χ0v) is 38.5. The SMILES string of the molecule is CC/C=C\C/C=C\C/C=C\C/C=C\CCCCCCC(=O)OC(COCCCCCCCC/C=C\CCCCCCCCC)COC1OC(CO)C(O)C(OS(=O)(=O)O)C1O. The third-order valence-corrected chi connectivity index (χ3v) is 10.8. The number of rotatable bonds is 40. The molecule has 0 spiro atoms. The van der Waals surface area contributed by atoms with E-state index in [1.165, 1.54) is 70.6 Å². The number of hydrogen-bond donors (Lipinski definition) is 4. The van der Waals surface area contributed by atoms with Crippen molar-refractivity contribution in [1.29, 1.82) is 0 Å². The predicted octanol–water partition coefficient (Wildman–Crippen LogP) is 10.1. The van der Waals surface area contributed by atoms with Gasteiger partial charge in [-0.3, -0.25) is 9.35 Å². The molecule has 0 bridgehead atoms. The number of esters is 1. The summed E-state index contributed by atoms with van der Waals surface area (Å²) >= 11 is 0. The van der Waals surface area contributed by atoms with E-state index in [4.69, 9.17) is 23.5 Å². The Labute approximate surface area is 369 Å².